The molecule has 0 aliphatic heterocycles. The molecular weight excluding hydrogens is 522 g/mol. The number of halogens is 1. The van der Waals surface area contributed by atoms with E-state index in [-0.39, 0.29) is 5.56 Å². The Labute approximate surface area is 216 Å². The minimum absolute atomic E-state index is 0.200. The van der Waals surface area contributed by atoms with Crippen molar-refractivity contribution in [1.82, 2.24) is 9.78 Å². The molecule has 0 atom stereocenters. The predicted molar refractivity (Wildman–Crippen MR) is 147 cm³/mol. The topological polar surface area (TPSA) is 47.4 Å². The highest BCUT2D eigenvalue weighted by atomic mass is 79.9. The van der Waals surface area contributed by atoms with E-state index in [9.17, 15) is 4.79 Å². The molecule has 0 radical (unpaired) electrons. The summed E-state index contributed by atoms with van der Waals surface area (Å²) in [4.78, 5) is 15.7. The molecule has 0 amide bonds. The molecule has 2 heterocycles. The maximum absolute atomic E-state index is 13.5. The number of anilines is 1. The van der Waals surface area contributed by atoms with E-state index < -0.39 is 0 Å². The van der Waals surface area contributed by atoms with Crippen molar-refractivity contribution in [1.29, 1.82) is 0 Å². The lowest BCUT2D eigenvalue weighted by Crippen LogP contribution is -2.30. The van der Waals surface area contributed by atoms with Crippen LogP contribution in [0.15, 0.2) is 93.5 Å². The summed E-state index contributed by atoms with van der Waals surface area (Å²) in [5, 5.41) is 5.72. The normalized spacial score (nSPS) is 11.1. The van der Waals surface area contributed by atoms with Crippen LogP contribution in [0.5, 0.6) is 5.75 Å². The number of thiophene rings is 1. The molecule has 7 heteroatoms. The van der Waals surface area contributed by atoms with Crippen molar-refractivity contribution in [3.8, 4) is 16.9 Å². The lowest BCUT2D eigenvalue weighted by atomic mass is 10.0. The monoisotopic (exact) mass is 545 g/mol. The minimum atomic E-state index is -0.200. The van der Waals surface area contributed by atoms with E-state index in [1.54, 1.807) is 25.5 Å². The second kappa shape index (κ2) is 10.1. The van der Waals surface area contributed by atoms with Crippen LogP contribution in [0, 0.1) is 0 Å². The Balaban J connectivity index is 1.73. The van der Waals surface area contributed by atoms with E-state index in [0.29, 0.717) is 30.2 Å². The zero-order chi connectivity index (χ0) is 24.4. The van der Waals surface area contributed by atoms with Gasteiger partial charge in [-0.2, -0.15) is 0 Å². The van der Waals surface area contributed by atoms with Gasteiger partial charge >= 0.3 is 0 Å². The molecule has 2 aromatic heterocycles. The summed E-state index contributed by atoms with van der Waals surface area (Å²) < 4.78 is 9.37. The van der Waals surface area contributed by atoms with E-state index in [1.807, 2.05) is 54.6 Å². The van der Waals surface area contributed by atoms with E-state index in [2.05, 4.69) is 51.2 Å². The van der Waals surface area contributed by atoms with Crippen molar-refractivity contribution in [3.63, 3.8) is 0 Å². The van der Waals surface area contributed by atoms with Crippen molar-refractivity contribution in [2.24, 2.45) is 7.05 Å². The second-order valence-corrected chi connectivity index (χ2v) is 10.6. The summed E-state index contributed by atoms with van der Waals surface area (Å²) in [6.07, 6.45) is 0. The molecule has 5 rings (SSSR count). The van der Waals surface area contributed by atoms with E-state index in [1.165, 1.54) is 4.68 Å². The Kier molecular flexibility index (Phi) is 6.70. The maximum atomic E-state index is 13.5. The van der Waals surface area contributed by atoms with Gasteiger partial charge in [0.2, 0.25) is 0 Å². The standard InChI is InChI=1S/C28H24BrN3O2S/c1-31-28(33)24(23-21-15-9-10-16-22(21)35-26(23)29)25(34-2)27(30-31)32(17-19-11-5-3-6-12-19)18-20-13-7-4-8-14-20/h3-16H,17-18H2,1-2H3. The molecule has 0 saturated carbocycles. The fourth-order valence-corrected chi connectivity index (χ4v) is 6.15. The first-order valence-electron chi connectivity index (χ1n) is 11.2. The average molecular weight is 546 g/mol. The molecule has 5 nitrogen and oxygen atoms in total. The van der Waals surface area contributed by atoms with Gasteiger partial charge in [-0.05, 0) is 33.1 Å². The number of methoxy groups -OCH3 is 1. The molecule has 0 aliphatic rings. The first-order valence-corrected chi connectivity index (χ1v) is 12.8. The van der Waals surface area contributed by atoms with Gasteiger partial charge in [-0.1, -0.05) is 78.9 Å². The lowest BCUT2D eigenvalue weighted by molar-refractivity contribution is 0.409. The molecule has 0 unspecified atom stereocenters. The largest absolute Gasteiger partial charge is 0.492 e. The highest BCUT2D eigenvalue weighted by molar-refractivity contribution is 9.11. The van der Waals surface area contributed by atoms with Crippen LogP contribution >= 0.6 is 27.3 Å². The van der Waals surface area contributed by atoms with Crippen LogP contribution in [0.4, 0.5) is 5.82 Å². The number of fused-ring (bicyclic) bond motifs is 1. The van der Waals surface area contributed by atoms with Gasteiger partial charge in [0, 0.05) is 35.8 Å². The number of hydrogen-bond acceptors (Lipinski definition) is 5. The summed E-state index contributed by atoms with van der Waals surface area (Å²) in [5.74, 6) is 1.10. The van der Waals surface area contributed by atoms with Crippen LogP contribution in [0.2, 0.25) is 0 Å². The second-order valence-electron chi connectivity index (χ2n) is 8.23. The van der Waals surface area contributed by atoms with Gasteiger partial charge in [0.15, 0.2) is 11.6 Å². The van der Waals surface area contributed by atoms with Crippen molar-refractivity contribution < 1.29 is 4.74 Å². The van der Waals surface area contributed by atoms with Crippen LogP contribution in [-0.4, -0.2) is 16.9 Å². The van der Waals surface area contributed by atoms with Crippen LogP contribution in [0.3, 0.4) is 0 Å². The smallest absolute Gasteiger partial charge is 0.278 e. The summed E-state index contributed by atoms with van der Waals surface area (Å²) in [7, 11) is 3.30. The molecule has 0 aliphatic carbocycles. The number of nitrogens with zero attached hydrogens (tertiary/aromatic N) is 3. The van der Waals surface area contributed by atoms with E-state index >= 15 is 0 Å². The number of benzene rings is 3. The Bertz CT molecular complexity index is 1490. The number of hydrogen-bond donors (Lipinski definition) is 0. The number of aromatic nitrogens is 2. The van der Waals surface area contributed by atoms with E-state index in [0.717, 1.165) is 30.6 Å². The summed E-state index contributed by atoms with van der Waals surface area (Å²) in [5.41, 5.74) is 3.44. The lowest BCUT2D eigenvalue weighted by Gasteiger charge is -2.27. The highest BCUT2D eigenvalue weighted by Gasteiger charge is 2.27. The van der Waals surface area contributed by atoms with Crippen molar-refractivity contribution in [2.75, 3.05) is 12.0 Å². The van der Waals surface area contributed by atoms with Gasteiger partial charge in [0.25, 0.3) is 5.56 Å². The van der Waals surface area contributed by atoms with Crippen LogP contribution in [0.1, 0.15) is 11.1 Å². The van der Waals surface area contributed by atoms with Gasteiger partial charge in [0.05, 0.1) is 16.5 Å². The third-order valence-electron chi connectivity index (χ3n) is 5.92. The molecule has 3 aromatic carbocycles. The Morgan fingerprint density at radius 2 is 1.46 bits per heavy atom. The SMILES string of the molecule is COc1c(N(Cc2ccccc2)Cc2ccccc2)nn(C)c(=O)c1-c1c(Br)sc2ccccc12. The highest BCUT2D eigenvalue weighted by Crippen LogP contribution is 2.46. The van der Waals surface area contributed by atoms with Gasteiger partial charge in [-0.15, -0.1) is 16.4 Å². The molecular formula is C28H24BrN3O2S. The van der Waals surface area contributed by atoms with Gasteiger partial charge in [-0.25, -0.2) is 4.68 Å². The Morgan fingerprint density at radius 1 is 0.886 bits per heavy atom. The predicted octanol–water partition coefficient (Wildman–Crippen LogP) is 6.64. The van der Waals surface area contributed by atoms with Gasteiger partial charge in [-0.3, -0.25) is 4.79 Å². The molecule has 0 bridgehead atoms. The number of rotatable bonds is 7. The average Bonchev–Trinajstić information content (AvgIpc) is 3.21. The fraction of sp³-hybridized carbons (Fsp3) is 0.143. The third-order valence-corrected chi connectivity index (χ3v) is 7.76. The first-order chi connectivity index (χ1) is 17.1. The molecule has 0 fully saturated rings. The third kappa shape index (κ3) is 4.61. The molecule has 35 heavy (non-hydrogen) atoms. The number of ether oxygens (including phenoxy) is 1. The zero-order valence-corrected chi connectivity index (χ0v) is 21.8. The molecule has 0 saturated heterocycles. The van der Waals surface area contributed by atoms with Crippen LogP contribution in [0.25, 0.3) is 21.2 Å². The molecule has 5 aromatic rings. The zero-order valence-electron chi connectivity index (χ0n) is 19.4. The molecule has 0 N–H and O–H groups in total. The Hall–Kier alpha value is -3.42. The summed E-state index contributed by atoms with van der Waals surface area (Å²) >= 11 is 5.32. The fourth-order valence-electron chi connectivity index (χ4n) is 4.29. The maximum Gasteiger partial charge on any atom is 0.278 e. The van der Waals surface area contributed by atoms with E-state index in [4.69, 9.17) is 9.84 Å². The van der Waals surface area contributed by atoms with Gasteiger partial charge in [0.1, 0.15) is 0 Å². The van der Waals surface area contributed by atoms with Crippen LogP contribution < -0.4 is 15.2 Å². The molecule has 176 valence electrons. The molecule has 0 spiro atoms. The minimum Gasteiger partial charge on any atom is -0.492 e. The Morgan fingerprint density at radius 3 is 2.06 bits per heavy atom. The van der Waals surface area contributed by atoms with Crippen molar-refractivity contribution in [2.45, 2.75) is 13.1 Å². The van der Waals surface area contributed by atoms with Crippen molar-refractivity contribution >= 4 is 43.2 Å². The quantitative estimate of drug-likeness (QED) is 0.230. The van der Waals surface area contributed by atoms with Gasteiger partial charge < -0.3 is 9.64 Å². The number of aryl methyl sites for hydroxylation is 1. The first kappa shape index (κ1) is 23.3. The van der Waals surface area contributed by atoms with Crippen LogP contribution in [-0.2, 0) is 20.1 Å². The summed E-state index contributed by atoms with van der Waals surface area (Å²) in [6, 6.07) is 28.6. The van der Waals surface area contributed by atoms with Crippen molar-refractivity contribution in [3.05, 3.63) is 110 Å². The summed E-state index contributed by atoms with van der Waals surface area (Å²) in [6.45, 7) is 1.23.